The second kappa shape index (κ2) is 4.79. The summed E-state index contributed by atoms with van der Waals surface area (Å²) in [5, 5.41) is 2.68. The molecule has 0 aromatic carbocycles. The van der Waals surface area contributed by atoms with Crippen molar-refractivity contribution in [2.45, 2.75) is 13.3 Å². The minimum Gasteiger partial charge on any atom is -0.347 e. The molecule has 1 atom stereocenters. The normalized spacial score (nSPS) is 14.1. The van der Waals surface area contributed by atoms with Gasteiger partial charge in [0.05, 0.1) is 0 Å². The maximum Gasteiger partial charge on any atom is 0.201 e. The monoisotopic (exact) mass is 141 g/mol. The zero-order valence-corrected chi connectivity index (χ0v) is 5.84. The van der Waals surface area contributed by atoms with E-state index in [0.717, 1.165) is 13.0 Å². The Morgan fingerprint density at radius 3 is 2.57 bits per heavy atom. The van der Waals surface area contributed by atoms with Crippen molar-refractivity contribution in [2.75, 3.05) is 6.54 Å². The van der Waals surface area contributed by atoms with Gasteiger partial charge in [-0.1, -0.05) is 6.92 Å². The molecule has 0 aliphatic carbocycles. The fourth-order valence-corrected chi connectivity index (χ4v) is 0.866. The van der Waals surface area contributed by atoms with E-state index in [0.29, 0.717) is 0 Å². The van der Waals surface area contributed by atoms with Crippen LogP contribution in [-0.2, 0) is 0 Å². The van der Waals surface area contributed by atoms with Crippen LogP contribution in [0.4, 0.5) is 0 Å². The third kappa shape index (κ3) is 6.64. The van der Waals surface area contributed by atoms with Crippen LogP contribution in [0, 0.1) is 0 Å². The average molecular weight is 142 g/mol. The van der Waals surface area contributed by atoms with Gasteiger partial charge in [-0.3, -0.25) is 5.09 Å². The first-order valence-electron chi connectivity index (χ1n) is 2.15. The Balaban J connectivity index is 2.68. The molecule has 0 bridgehead atoms. The second-order valence-corrected chi connectivity index (χ2v) is 2.97. The smallest absolute Gasteiger partial charge is 0.201 e. The molecule has 0 aromatic heterocycles. The van der Waals surface area contributed by atoms with Crippen molar-refractivity contribution in [3.8, 4) is 0 Å². The van der Waals surface area contributed by atoms with Gasteiger partial charge in [0.2, 0.25) is 7.65 Å². The summed E-state index contributed by atoms with van der Waals surface area (Å²) in [5.41, 5.74) is 0. The van der Waals surface area contributed by atoms with Gasteiger partial charge in [0, 0.05) is 6.54 Å². The van der Waals surface area contributed by atoms with Crippen LogP contribution in [0.3, 0.4) is 0 Å². The van der Waals surface area contributed by atoms with Gasteiger partial charge in [-0.25, -0.2) is 0 Å². The maximum atomic E-state index is 8.40. The lowest BCUT2D eigenvalue weighted by atomic mass is 10.5. The molecule has 0 saturated heterocycles. The van der Waals surface area contributed by atoms with E-state index in [9.17, 15) is 0 Å². The Morgan fingerprint density at radius 2 is 2.43 bits per heavy atom. The summed E-state index contributed by atoms with van der Waals surface area (Å²) < 4.78 is 0. The van der Waals surface area contributed by atoms with Crippen LogP contribution in [0.5, 0.6) is 0 Å². The summed E-state index contributed by atoms with van der Waals surface area (Å²) in [6.45, 7) is 2.81. The van der Waals surface area contributed by atoms with Crippen molar-refractivity contribution < 1.29 is 4.89 Å². The molecule has 0 aromatic rings. The van der Waals surface area contributed by atoms with E-state index in [-0.39, 0.29) is 0 Å². The van der Waals surface area contributed by atoms with Crippen LogP contribution in [-0.4, -0.2) is 11.4 Å². The van der Waals surface area contributed by atoms with Crippen LogP contribution in [0.2, 0.25) is 0 Å². The summed E-state index contributed by atoms with van der Waals surface area (Å²) in [4.78, 5) is 8.40. The first-order valence-corrected chi connectivity index (χ1v) is 4.35. The first kappa shape index (κ1) is 7.64. The predicted octanol–water partition coefficient (Wildman–Crippen LogP) is 1.44. The Hall–Kier alpha value is 0.640. The molecule has 0 saturated carbocycles. The number of hydrogen-bond donors (Lipinski definition) is 2. The van der Waals surface area contributed by atoms with E-state index >= 15 is 0 Å². The highest BCUT2D eigenvalue weighted by atomic mass is 35.7. The Morgan fingerprint density at radius 1 is 1.86 bits per heavy atom. The highest BCUT2D eigenvalue weighted by Gasteiger charge is 1.91. The minimum atomic E-state index is -1.38. The second-order valence-electron chi connectivity index (χ2n) is 1.17. The zero-order chi connectivity index (χ0) is 5.70. The molecule has 1 unspecified atom stereocenters. The fraction of sp³-hybridized carbons (Fsp3) is 1.00. The molecule has 0 aliphatic rings. The molecule has 2 nitrogen and oxygen atoms in total. The van der Waals surface area contributed by atoms with Gasteiger partial charge in [0.15, 0.2) is 0 Å². The third-order valence-corrected chi connectivity index (χ3v) is 1.34. The molecular formula is C3H9ClNOP. The predicted molar refractivity (Wildman–Crippen MR) is 33.3 cm³/mol. The summed E-state index contributed by atoms with van der Waals surface area (Å²) in [6, 6.07) is 0. The minimum absolute atomic E-state index is 0.797. The van der Waals surface area contributed by atoms with Crippen molar-refractivity contribution in [2.24, 2.45) is 0 Å². The van der Waals surface area contributed by atoms with E-state index in [4.69, 9.17) is 16.1 Å². The van der Waals surface area contributed by atoms with Crippen molar-refractivity contribution in [3.63, 3.8) is 0 Å². The van der Waals surface area contributed by atoms with E-state index in [2.05, 4.69) is 5.09 Å². The molecule has 0 amide bonds. The standard InChI is InChI=1S/C3H9ClNOP/c1-2-3-5-7(4)6/h5-6H,2-3H2,1H3. The molecule has 0 radical (unpaired) electrons. The van der Waals surface area contributed by atoms with Crippen LogP contribution >= 0.6 is 18.9 Å². The van der Waals surface area contributed by atoms with E-state index in [1.807, 2.05) is 6.92 Å². The summed E-state index contributed by atoms with van der Waals surface area (Å²) in [6.07, 6.45) is 1.01. The Kier molecular flexibility index (Phi) is 5.23. The highest BCUT2D eigenvalue weighted by Crippen LogP contribution is 2.29. The Bertz CT molecular complexity index is 43.9. The van der Waals surface area contributed by atoms with Gasteiger partial charge in [-0.05, 0) is 17.7 Å². The maximum absolute atomic E-state index is 8.40. The number of nitrogens with one attached hydrogen (secondary N) is 1. The average Bonchev–Trinajstić information content (AvgIpc) is 1.61. The van der Waals surface area contributed by atoms with Crippen molar-refractivity contribution >= 4 is 18.9 Å². The molecule has 0 rings (SSSR count). The van der Waals surface area contributed by atoms with Crippen molar-refractivity contribution in [1.29, 1.82) is 0 Å². The van der Waals surface area contributed by atoms with Crippen molar-refractivity contribution in [3.05, 3.63) is 0 Å². The first-order chi connectivity index (χ1) is 3.27. The van der Waals surface area contributed by atoms with Gasteiger partial charge in [0.1, 0.15) is 0 Å². The van der Waals surface area contributed by atoms with E-state index < -0.39 is 7.65 Å². The quantitative estimate of drug-likeness (QED) is 0.583. The summed E-state index contributed by atoms with van der Waals surface area (Å²) >= 11 is 5.17. The molecule has 0 heterocycles. The summed E-state index contributed by atoms with van der Waals surface area (Å²) in [7, 11) is -1.38. The number of halogens is 1. The molecule has 4 heteroatoms. The third-order valence-electron chi connectivity index (χ3n) is 0.492. The van der Waals surface area contributed by atoms with Gasteiger partial charge in [0.25, 0.3) is 0 Å². The topological polar surface area (TPSA) is 32.3 Å². The van der Waals surface area contributed by atoms with Gasteiger partial charge in [-0.15, -0.1) is 0 Å². The van der Waals surface area contributed by atoms with Crippen LogP contribution < -0.4 is 5.09 Å². The van der Waals surface area contributed by atoms with Crippen LogP contribution in [0.15, 0.2) is 0 Å². The summed E-state index contributed by atoms with van der Waals surface area (Å²) in [5.74, 6) is 0. The lowest BCUT2D eigenvalue weighted by Crippen LogP contribution is -2.03. The zero-order valence-electron chi connectivity index (χ0n) is 4.19. The molecule has 7 heavy (non-hydrogen) atoms. The van der Waals surface area contributed by atoms with E-state index in [1.165, 1.54) is 0 Å². The van der Waals surface area contributed by atoms with Gasteiger partial charge < -0.3 is 4.89 Å². The Labute approximate surface area is 49.6 Å². The molecule has 2 N–H and O–H groups in total. The molecule has 44 valence electrons. The van der Waals surface area contributed by atoms with Crippen LogP contribution in [0.25, 0.3) is 0 Å². The highest BCUT2D eigenvalue weighted by molar-refractivity contribution is 7.77. The van der Waals surface area contributed by atoms with Crippen LogP contribution in [0.1, 0.15) is 13.3 Å². The largest absolute Gasteiger partial charge is 0.347 e. The van der Waals surface area contributed by atoms with Gasteiger partial charge >= 0.3 is 0 Å². The van der Waals surface area contributed by atoms with Crippen molar-refractivity contribution in [1.82, 2.24) is 5.09 Å². The molecule has 0 fully saturated rings. The molecular weight excluding hydrogens is 132 g/mol. The SMILES string of the molecule is CCCNP(O)Cl. The molecule has 0 spiro atoms. The lowest BCUT2D eigenvalue weighted by Gasteiger charge is -1.98. The van der Waals surface area contributed by atoms with E-state index in [1.54, 1.807) is 0 Å². The lowest BCUT2D eigenvalue weighted by molar-refractivity contribution is 0.621. The number of rotatable bonds is 3. The van der Waals surface area contributed by atoms with Gasteiger partial charge in [-0.2, -0.15) is 0 Å². The fourth-order valence-electron chi connectivity index (χ4n) is 0.204. The molecule has 0 aliphatic heterocycles. The number of hydrogen-bond acceptors (Lipinski definition) is 2.